The summed E-state index contributed by atoms with van der Waals surface area (Å²) >= 11 is 1.68. The number of aryl methyl sites for hydroxylation is 1. The first-order valence-electron chi connectivity index (χ1n) is 9.25. The summed E-state index contributed by atoms with van der Waals surface area (Å²) in [5.74, 6) is 1.31. The molecule has 4 aromatic rings. The quantitative estimate of drug-likeness (QED) is 0.439. The number of nitrogens with zero attached hydrogens (tertiary/aromatic N) is 3. The molecule has 0 saturated carbocycles. The third-order valence-electron chi connectivity index (χ3n) is 4.90. The molecule has 1 amide bonds. The van der Waals surface area contributed by atoms with Crippen LogP contribution in [0.2, 0.25) is 0 Å². The Kier molecular flexibility index (Phi) is 4.40. The summed E-state index contributed by atoms with van der Waals surface area (Å²) < 4.78 is 0. The lowest BCUT2D eigenvalue weighted by atomic mass is 10.0. The molecule has 0 atom stereocenters. The summed E-state index contributed by atoms with van der Waals surface area (Å²) in [5.41, 5.74) is 5.23. The second-order valence-corrected chi connectivity index (χ2v) is 7.68. The molecule has 8 heteroatoms. The normalized spacial score (nSPS) is 13.2. The van der Waals surface area contributed by atoms with Crippen LogP contribution in [0.25, 0.3) is 22.4 Å². The predicted octanol–water partition coefficient (Wildman–Crippen LogP) is 4.37. The van der Waals surface area contributed by atoms with Crippen LogP contribution in [0.5, 0.6) is 0 Å². The number of hydrogen-bond acceptors (Lipinski definition) is 6. The van der Waals surface area contributed by atoms with Crippen molar-refractivity contribution in [3.8, 4) is 11.4 Å². The lowest BCUT2D eigenvalue weighted by molar-refractivity contribution is -0.116. The SMILES string of the molecule is CSc1cccc(-c2nc(Nc3ccc4c(c3)NC(=O)CC4)c3[nH]ncc3n2)c1. The predicted molar refractivity (Wildman–Crippen MR) is 116 cm³/mol. The average molecular weight is 402 g/mol. The van der Waals surface area contributed by atoms with Gasteiger partial charge in [0.1, 0.15) is 11.0 Å². The zero-order valence-corrected chi connectivity index (χ0v) is 16.5. The second-order valence-electron chi connectivity index (χ2n) is 6.80. The molecule has 5 rings (SSSR count). The highest BCUT2D eigenvalue weighted by molar-refractivity contribution is 7.98. The van der Waals surface area contributed by atoms with Gasteiger partial charge in [-0.2, -0.15) is 5.10 Å². The number of aromatic amines is 1. The minimum atomic E-state index is 0.0450. The van der Waals surface area contributed by atoms with Crippen LogP contribution in [0.3, 0.4) is 0 Å². The maximum absolute atomic E-state index is 11.7. The van der Waals surface area contributed by atoms with E-state index in [9.17, 15) is 4.79 Å². The van der Waals surface area contributed by atoms with E-state index in [1.54, 1.807) is 18.0 Å². The number of hydrogen-bond donors (Lipinski definition) is 3. The molecular weight excluding hydrogens is 384 g/mol. The summed E-state index contributed by atoms with van der Waals surface area (Å²) in [4.78, 5) is 22.3. The van der Waals surface area contributed by atoms with Crippen LogP contribution < -0.4 is 10.6 Å². The minimum absolute atomic E-state index is 0.0450. The zero-order chi connectivity index (χ0) is 19.8. The third kappa shape index (κ3) is 3.42. The van der Waals surface area contributed by atoms with Crippen molar-refractivity contribution in [1.29, 1.82) is 0 Å². The Morgan fingerprint density at radius 3 is 2.93 bits per heavy atom. The van der Waals surface area contributed by atoms with Crippen molar-refractivity contribution >= 4 is 45.9 Å². The number of benzene rings is 2. The Morgan fingerprint density at radius 2 is 2.03 bits per heavy atom. The minimum Gasteiger partial charge on any atom is -0.338 e. The fourth-order valence-electron chi connectivity index (χ4n) is 3.41. The van der Waals surface area contributed by atoms with Crippen LogP contribution in [0, 0.1) is 0 Å². The van der Waals surface area contributed by atoms with Gasteiger partial charge in [0.15, 0.2) is 11.6 Å². The Balaban J connectivity index is 1.55. The summed E-state index contributed by atoms with van der Waals surface area (Å²) in [7, 11) is 0. The van der Waals surface area contributed by atoms with Gasteiger partial charge in [-0.15, -0.1) is 11.8 Å². The Hall–Kier alpha value is -3.39. The van der Waals surface area contributed by atoms with Crippen molar-refractivity contribution < 1.29 is 4.79 Å². The number of carbonyl (C=O) groups is 1. The Bertz CT molecular complexity index is 1240. The lowest BCUT2D eigenvalue weighted by Crippen LogP contribution is -2.18. The molecule has 0 aliphatic carbocycles. The van der Waals surface area contributed by atoms with Gasteiger partial charge in [-0.05, 0) is 42.5 Å². The van der Waals surface area contributed by atoms with Gasteiger partial charge >= 0.3 is 0 Å². The average Bonchev–Trinajstić information content (AvgIpc) is 3.22. The molecule has 0 saturated heterocycles. The summed E-state index contributed by atoms with van der Waals surface area (Å²) in [5, 5.41) is 13.4. The molecule has 3 N–H and O–H groups in total. The maximum atomic E-state index is 11.7. The van der Waals surface area contributed by atoms with Gasteiger partial charge in [0.05, 0.1) is 6.20 Å². The lowest BCUT2D eigenvalue weighted by Gasteiger charge is -2.18. The molecule has 1 aliphatic rings. The molecule has 29 heavy (non-hydrogen) atoms. The highest BCUT2D eigenvalue weighted by Crippen LogP contribution is 2.30. The van der Waals surface area contributed by atoms with Crippen molar-refractivity contribution in [3.05, 3.63) is 54.2 Å². The van der Waals surface area contributed by atoms with Crippen molar-refractivity contribution in [2.45, 2.75) is 17.7 Å². The molecule has 2 aromatic heterocycles. The first-order valence-corrected chi connectivity index (χ1v) is 10.5. The highest BCUT2D eigenvalue weighted by Gasteiger charge is 2.16. The summed E-state index contributed by atoms with van der Waals surface area (Å²) in [6, 6.07) is 14.1. The number of nitrogens with one attached hydrogen (secondary N) is 3. The topological polar surface area (TPSA) is 95.6 Å². The van der Waals surface area contributed by atoms with Crippen LogP contribution in [0.4, 0.5) is 17.2 Å². The monoisotopic (exact) mass is 402 g/mol. The number of fused-ring (bicyclic) bond motifs is 2. The molecule has 3 heterocycles. The molecule has 1 aliphatic heterocycles. The van der Waals surface area contributed by atoms with Gasteiger partial charge in [-0.3, -0.25) is 9.89 Å². The van der Waals surface area contributed by atoms with E-state index in [2.05, 4.69) is 37.9 Å². The Morgan fingerprint density at radius 1 is 1.10 bits per heavy atom. The zero-order valence-electron chi connectivity index (χ0n) is 15.7. The number of thioether (sulfide) groups is 1. The van der Waals surface area contributed by atoms with E-state index in [0.717, 1.165) is 44.9 Å². The Labute approximate surface area is 171 Å². The van der Waals surface area contributed by atoms with Crippen molar-refractivity contribution in [2.24, 2.45) is 0 Å². The maximum Gasteiger partial charge on any atom is 0.224 e. The molecule has 0 bridgehead atoms. The van der Waals surface area contributed by atoms with E-state index >= 15 is 0 Å². The standard InChI is InChI=1S/C21H18N6OS/c1-29-15-4-2-3-13(9-15)20-25-17-11-22-27-19(17)21(26-20)23-14-7-5-12-6-8-18(28)24-16(12)10-14/h2-5,7,9-11H,6,8H2,1H3,(H,22,27)(H,24,28)(H,23,25,26). The number of anilines is 3. The largest absolute Gasteiger partial charge is 0.338 e. The third-order valence-corrected chi connectivity index (χ3v) is 5.62. The van der Waals surface area contributed by atoms with Gasteiger partial charge in [0.2, 0.25) is 5.91 Å². The molecule has 144 valence electrons. The summed E-state index contributed by atoms with van der Waals surface area (Å²) in [6.07, 6.45) is 5.02. The number of aromatic nitrogens is 4. The van der Waals surface area contributed by atoms with Crippen molar-refractivity contribution in [1.82, 2.24) is 20.2 Å². The van der Waals surface area contributed by atoms with Gasteiger partial charge in [0, 0.05) is 28.3 Å². The summed E-state index contributed by atoms with van der Waals surface area (Å²) in [6.45, 7) is 0. The van der Waals surface area contributed by atoms with Gasteiger partial charge in [0.25, 0.3) is 0 Å². The molecule has 0 radical (unpaired) electrons. The number of H-pyrrole nitrogens is 1. The van der Waals surface area contributed by atoms with Gasteiger partial charge < -0.3 is 10.6 Å². The van der Waals surface area contributed by atoms with Crippen LogP contribution in [-0.4, -0.2) is 32.3 Å². The molecule has 0 unspecified atom stereocenters. The van der Waals surface area contributed by atoms with E-state index in [0.29, 0.717) is 18.1 Å². The van der Waals surface area contributed by atoms with Crippen molar-refractivity contribution in [2.75, 3.05) is 16.9 Å². The molecule has 2 aromatic carbocycles. The number of amides is 1. The van der Waals surface area contributed by atoms with E-state index in [4.69, 9.17) is 4.98 Å². The van der Waals surface area contributed by atoms with E-state index in [-0.39, 0.29) is 5.91 Å². The van der Waals surface area contributed by atoms with Crippen LogP contribution >= 0.6 is 11.8 Å². The number of rotatable bonds is 4. The van der Waals surface area contributed by atoms with Crippen molar-refractivity contribution in [3.63, 3.8) is 0 Å². The number of carbonyl (C=O) groups excluding carboxylic acids is 1. The fraction of sp³-hybridized carbons (Fsp3) is 0.143. The van der Waals surface area contributed by atoms with E-state index < -0.39 is 0 Å². The van der Waals surface area contributed by atoms with Crippen LogP contribution in [0.1, 0.15) is 12.0 Å². The van der Waals surface area contributed by atoms with E-state index in [1.807, 2.05) is 36.6 Å². The highest BCUT2D eigenvalue weighted by atomic mass is 32.2. The second kappa shape index (κ2) is 7.21. The fourth-order valence-corrected chi connectivity index (χ4v) is 3.87. The first kappa shape index (κ1) is 17.7. The smallest absolute Gasteiger partial charge is 0.224 e. The van der Waals surface area contributed by atoms with Gasteiger partial charge in [-0.1, -0.05) is 18.2 Å². The molecule has 7 nitrogen and oxygen atoms in total. The molecular formula is C21H18N6OS. The van der Waals surface area contributed by atoms with Gasteiger partial charge in [-0.25, -0.2) is 9.97 Å². The van der Waals surface area contributed by atoms with Crippen LogP contribution in [0.15, 0.2) is 53.6 Å². The van der Waals surface area contributed by atoms with E-state index in [1.165, 1.54) is 0 Å². The molecule has 0 fully saturated rings. The van der Waals surface area contributed by atoms with Crippen LogP contribution in [-0.2, 0) is 11.2 Å². The first-order chi connectivity index (χ1) is 14.2. The molecule has 0 spiro atoms.